The van der Waals surface area contributed by atoms with Crippen molar-refractivity contribution in [3.63, 3.8) is 0 Å². The summed E-state index contributed by atoms with van der Waals surface area (Å²) in [6.07, 6.45) is -5.28. The van der Waals surface area contributed by atoms with Crippen LogP contribution in [0.4, 0.5) is 0 Å². The summed E-state index contributed by atoms with van der Waals surface area (Å²) in [7, 11) is 1.81. The largest absolute Gasteiger partial charge is 0.465 e. The second-order valence-corrected chi connectivity index (χ2v) is 5.68. The molecule has 0 spiro atoms. The molecule has 0 aliphatic rings. The number of aliphatic hydroxyl groups excluding tert-OH is 2. The van der Waals surface area contributed by atoms with Crippen molar-refractivity contribution in [2.24, 2.45) is 5.92 Å². The fraction of sp³-hybridized carbons (Fsp3) is 0.800. The highest BCUT2D eigenvalue weighted by Crippen LogP contribution is 2.20. The topological polar surface area (TPSA) is 129 Å². The lowest BCUT2D eigenvalue weighted by Crippen LogP contribution is -2.51. The third-order valence-electron chi connectivity index (χ3n) is 3.16. The second-order valence-electron chi connectivity index (χ2n) is 5.68. The molecule has 25 heavy (non-hydrogen) atoms. The van der Waals surface area contributed by atoms with Crippen LogP contribution in [0.3, 0.4) is 0 Å². The normalized spacial score (nSPS) is 16.9. The van der Waals surface area contributed by atoms with Gasteiger partial charge in [0.1, 0.15) is 20.1 Å². The van der Waals surface area contributed by atoms with Gasteiger partial charge in [-0.3, -0.25) is 14.4 Å². The van der Waals surface area contributed by atoms with E-state index in [1.165, 1.54) is 6.92 Å². The van der Waals surface area contributed by atoms with Gasteiger partial charge in [-0.2, -0.15) is 0 Å². The van der Waals surface area contributed by atoms with Crippen LogP contribution in [0, 0.1) is 5.92 Å². The van der Waals surface area contributed by atoms with Gasteiger partial charge in [-0.25, -0.2) is 0 Å². The fourth-order valence-corrected chi connectivity index (χ4v) is 2.07. The number of hydrogen-bond acceptors (Lipinski definition) is 9. The average molecular weight is 362 g/mol. The van der Waals surface area contributed by atoms with E-state index in [-0.39, 0.29) is 13.2 Å². The molecule has 2 N–H and O–H groups in total. The molecule has 0 bridgehead atoms. The smallest absolute Gasteiger partial charge is 0.303 e. The quantitative estimate of drug-likeness (QED) is 0.201. The zero-order valence-electron chi connectivity index (χ0n) is 15.3. The van der Waals surface area contributed by atoms with Gasteiger partial charge in [0.05, 0.1) is 6.61 Å². The van der Waals surface area contributed by atoms with E-state index >= 15 is 0 Å². The van der Waals surface area contributed by atoms with E-state index in [9.17, 15) is 24.6 Å². The molecule has 10 heteroatoms. The summed E-state index contributed by atoms with van der Waals surface area (Å²) >= 11 is 0. The van der Waals surface area contributed by atoms with Gasteiger partial charge in [0, 0.05) is 33.3 Å². The molecule has 0 radical (unpaired) electrons. The standard InChI is InChI=1S/C15H27BO9/c1-8(7-23-9(2)17)13(24-10(3)18)12(20)14(25-11(4)19)15(21)22-6-5-16/h8,12-15,20-21H,5-7,16H2,1-4H3/t8?,12?,13-,14?,15-/m1/s1. The Morgan fingerprint density at radius 3 is 1.92 bits per heavy atom. The van der Waals surface area contributed by atoms with Gasteiger partial charge in [0.15, 0.2) is 12.4 Å². The first-order valence-corrected chi connectivity index (χ1v) is 8.05. The van der Waals surface area contributed by atoms with Crippen LogP contribution in [0.25, 0.3) is 0 Å². The average Bonchev–Trinajstić information content (AvgIpc) is 2.52. The van der Waals surface area contributed by atoms with Crippen molar-refractivity contribution >= 4 is 25.8 Å². The monoisotopic (exact) mass is 362 g/mol. The Balaban J connectivity index is 5.31. The molecule has 0 fully saturated rings. The van der Waals surface area contributed by atoms with E-state index in [2.05, 4.69) is 0 Å². The summed E-state index contributed by atoms with van der Waals surface area (Å²) < 4.78 is 20.0. The third-order valence-corrected chi connectivity index (χ3v) is 3.16. The Morgan fingerprint density at radius 2 is 1.48 bits per heavy atom. The molecular weight excluding hydrogens is 335 g/mol. The van der Waals surface area contributed by atoms with Gasteiger partial charge in [-0.05, 0) is 0 Å². The van der Waals surface area contributed by atoms with E-state index in [1.54, 1.807) is 6.92 Å². The van der Waals surface area contributed by atoms with Gasteiger partial charge in [0.25, 0.3) is 0 Å². The van der Waals surface area contributed by atoms with Crippen LogP contribution in [0.5, 0.6) is 0 Å². The van der Waals surface area contributed by atoms with Crippen molar-refractivity contribution in [2.45, 2.75) is 58.6 Å². The molecule has 0 aromatic heterocycles. The van der Waals surface area contributed by atoms with E-state index in [0.29, 0.717) is 6.32 Å². The first-order valence-electron chi connectivity index (χ1n) is 8.05. The van der Waals surface area contributed by atoms with Gasteiger partial charge >= 0.3 is 17.9 Å². The zero-order valence-corrected chi connectivity index (χ0v) is 15.3. The van der Waals surface area contributed by atoms with Crippen LogP contribution in [0.2, 0.25) is 6.32 Å². The second kappa shape index (κ2) is 11.8. The molecule has 0 aliphatic heterocycles. The molecule has 0 saturated heterocycles. The Morgan fingerprint density at radius 1 is 0.960 bits per heavy atom. The molecule has 0 aromatic carbocycles. The van der Waals surface area contributed by atoms with Crippen molar-refractivity contribution in [3.05, 3.63) is 0 Å². The van der Waals surface area contributed by atoms with Crippen LogP contribution >= 0.6 is 0 Å². The van der Waals surface area contributed by atoms with Crippen LogP contribution in [-0.4, -0.2) is 73.8 Å². The van der Waals surface area contributed by atoms with E-state index < -0.39 is 48.4 Å². The lowest BCUT2D eigenvalue weighted by atomic mass is 9.96. The van der Waals surface area contributed by atoms with E-state index in [1.807, 2.05) is 7.85 Å². The maximum Gasteiger partial charge on any atom is 0.303 e. The lowest BCUT2D eigenvalue weighted by Gasteiger charge is -2.34. The molecule has 9 nitrogen and oxygen atoms in total. The summed E-state index contributed by atoms with van der Waals surface area (Å²) in [5, 5.41) is 20.6. The Hall–Kier alpha value is -1.65. The highest BCUT2D eigenvalue weighted by atomic mass is 16.6. The SMILES string of the molecule is BCCO[C@@H](O)C(OC(C)=O)C(O)[C@H](OC(C)=O)C(C)COC(C)=O. The number of rotatable bonds is 11. The minimum atomic E-state index is -1.61. The molecular formula is C15H27BO9. The lowest BCUT2D eigenvalue weighted by molar-refractivity contribution is -0.224. The first kappa shape index (κ1) is 23.4. The highest BCUT2D eigenvalue weighted by molar-refractivity contribution is 6.08. The first-order chi connectivity index (χ1) is 11.6. The predicted molar refractivity (Wildman–Crippen MR) is 88.2 cm³/mol. The minimum Gasteiger partial charge on any atom is -0.465 e. The predicted octanol–water partition coefficient (Wildman–Crippen LogP) is -1.20. The van der Waals surface area contributed by atoms with Crippen LogP contribution in [0.1, 0.15) is 27.7 Å². The zero-order chi connectivity index (χ0) is 19.6. The number of ether oxygens (including phenoxy) is 4. The van der Waals surface area contributed by atoms with Gasteiger partial charge in [-0.15, -0.1) is 0 Å². The van der Waals surface area contributed by atoms with Crippen molar-refractivity contribution in [1.82, 2.24) is 0 Å². The van der Waals surface area contributed by atoms with E-state index in [0.717, 1.165) is 13.8 Å². The van der Waals surface area contributed by atoms with Crippen molar-refractivity contribution in [1.29, 1.82) is 0 Å². The maximum absolute atomic E-state index is 11.3. The van der Waals surface area contributed by atoms with Crippen LogP contribution in [0.15, 0.2) is 0 Å². The molecule has 5 atom stereocenters. The summed E-state index contributed by atoms with van der Waals surface area (Å²) in [4.78, 5) is 33.6. The number of esters is 3. The summed E-state index contributed by atoms with van der Waals surface area (Å²) in [6, 6.07) is 0. The Kier molecular flexibility index (Phi) is 11.1. The van der Waals surface area contributed by atoms with Gasteiger partial charge < -0.3 is 29.2 Å². The van der Waals surface area contributed by atoms with Crippen molar-refractivity contribution < 1.29 is 43.5 Å². The molecule has 0 saturated carbocycles. The van der Waals surface area contributed by atoms with Crippen molar-refractivity contribution in [3.8, 4) is 0 Å². The van der Waals surface area contributed by atoms with E-state index in [4.69, 9.17) is 18.9 Å². The molecule has 3 unspecified atom stereocenters. The summed E-state index contributed by atoms with van der Waals surface area (Å²) in [6.45, 7) is 5.08. The summed E-state index contributed by atoms with van der Waals surface area (Å²) in [5.74, 6) is -2.60. The molecule has 0 rings (SSSR count). The maximum atomic E-state index is 11.3. The number of hydrogen-bond donors (Lipinski definition) is 2. The Bertz CT molecular complexity index is 443. The number of aliphatic hydroxyl groups is 2. The number of carbonyl (C=O) groups excluding carboxylic acids is 3. The molecule has 0 heterocycles. The van der Waals surface area contributed by atoms with Gasteiger partial charge in [0.2, 0.25) is 0 Å². The molecule has 0 amide bonds. The molecule has 0 aromatic rings. The minimum absolute atomic E-state index is 0.136. The Labute approximate surface area is 148 Å². The summed E-state index contributed by atoms with van der Waals surface area (Å²) in [5.41, 5.74) is 0. The molecule has 144 valence electrons. The van der Waals surface area contributed by atoms with Crippen molar-refractivity contribution in [2.75, 3.05) is 13.2 Å². The fourth-order valence-electron chi connectivity index (χ4n) is 2.07. The van der Waals surface area contributed by atoms with Crippen LogP contribution in [-0.2, 0) is 33.3 Å². The highest BCUT2D eigenvalue weighted by Gasteiger charge is 2.40. The van der Waals surface area contributed by atoms with Crippen LogP contribution < -0.4 is 0 Å². The third kappa shape index (κ3) is 9.42. The van der Waals surface area contributed by atoms with Gasteiger partial charge in [-0.1, -0.05) is 13.2 Å². The molecule has 0 aliphatic carbocycles. The number of carbonyl (C=O) groups is 3.